The Bertz CT molecular complexity index is 1590. The van der Waals surface area contributed by atoms with Crippen LogP contribution in [0.25, 0.3) is 21.9 Å². The number of benzene rings is 2. The molecule has 2 aliphatic carbocycles. The summed E-state index contributed by atoms with van der Waals surface area (Å²) in [7, 11) is -2.64. The van der Waals surface area contributed by atoms with Gasteiger partial charge in [0, 0.05) is 35.7 Å². The van der Waals surface area contributed by atoms with Crippen molar-refractivity contribution in [1.29, 1.82) is 0 Å². The Morgan fingerprint density at radius 3 is 2.36 bits per heavy atom. The number of nitrogens with zero attached hydrogens (tertiary/aromatic N) is 1. The lowest BCUT2D eigenvalue weighted by molar-refractivity contribution is -0.147. The van der Waals surface area contributed by atoms with Gasteiger partial charge in [-0.2, -0.15) is 17.9 Å². The van der Waals surface area contributed by atoms with Crippen molar-refractivity contribution in [3.63, 3.8) is 0 Å². The van der Waals surface area contributed by atoms with Crippen LogP contribution in [0.1, 0.15) is 68.1 Å². The predicted octanol–water partition coefficient (Wildman–Crippen LogP) is 5.90. The number of sulfonamides is 1. The van der Waals surface area contributed by atoms with E-state index in [1.165, 1.54) is 12.5 Å². The van der Waals surface area contributed by atoms with Gasteiger partial charge in [0.05, 0.1) is 4.90 Å². The normalized spacial score (nSPS) is 20.7. The minimum absolute atomic E-state index is 0.0316. The van der Waals surface area contributed by atoms with Gasteiger partial charge in [0.15, 0.2) is 0 Å². The summed E-state index contributed by atoms with van der Waals surface area (Å²) in [5.74, 6) is 0.175. The van der Waals surface area contributed by atoms with Crippen LogP contribution in [0.3, 0.4) is 0 Å². The molecule has 1 amide bonds. The average Bonchev–Trinajstić information content (AvgIpc) is 3.25. The van der Waals surface area contributed by atoms with Crippen LogP contribution in [0.2, 0.25) is 0 Å². The topological polar surface area (TPSA) is 97.3 Å². The highest BCUT2D eigenvalue weighted by Crippen LogP contribution is 2.39. The second kappa shape index (κ2) is 11.8. The molecule has 0 spiro atoms. The predicted molar refractivity (Wildman–Crippen MR) is 155 cm³/mol. The molecular weight excluding hydrogens is 567 g/mol. The second-order valence-electron chi connectivity index (χ2n) is 11.7. The summed E-state index contributed by atoms with van der Waals surface area (Å²) in [6, 6.07) is 9.21. The zero-order chi connectivity index (χ0) is 30.2. The van der Waals surface area contributed by atoms with Crippen LogP contribution in [-0.4, -0.2) is 43.4 Å². The molecule has 2 saturated carbocycles. The number of halogens is 3. The van der Waals surface area contributed by atoms with E-state index < -0.39 is 22.2 Å². The number of fused-ring (bicyclic) bond motifs is 1. The highest BCUT2D eigenvalue weighted by atomic mass is 32.2. The van der Waals surface area contributed by atoms with E-state index in [0.29, 0.717) is 40.8 Å². The quantitative estimate of drug-likeness (QED) is 0.298. The van der Waals surface area contributed by atoms with Gasteiger partial charge in [-0.1, -0.05) is 62.4 Å². The van der Waals surface area contributed by atoms with Gasteiger partial charge in [0.25, 0.3) is 5.91 Å². The number of nitrogens with one attached hydrogen (secondary N) is 2. The summed E-state index contributed by atoms with van der Waals surface area (Å²) in [4.78, 5) is 24.2. The summed E-state index contributed by atoms with van der Waals surface area (Å²) in [6.45, 7) is 0.769. The lowest BCUT2D eigenvalue weighted by Crippen LogP contribution is -2.45. The molecule has 0 radical (unpaired) electrons. The van der Waals surface area contributed by atoms with Crippen LogP contribution in [-0.2, 0) is 28.3 Å². The van der Waals surface area contributed by atoms with E-state index in [4.69, 9.17) is 0 Å². The number of aromatic nitrogens is 1. The molecule has 0 aliphatic heterocycles. The minimum atomic E-state index is -4.73. The molecule has 42 heavy (non-hydrogen) atoms. The summed E-state index contributed by atoms with van der Waals surface area (Å²) in [6.07, 6.45) is 3.83. The van der Waals surface area contributed by atoms with Gasteiger partial charge in [-0.15, -0.1) is 0 Å². The van der Waals surface area contributed by atoms with Crippen molar-refractivity contribution in [3.8, 4) is 11.1 Å². The van der Waals surface area contributed by atoms with Crippen molar-refractivity contribution in [2.24, 2.45) is 18.9 Å². The van der Waals surface area contributed by atoms with Gasteiger partial charge >= 0.3 is 6.18 Å². The fraction of sp³-hybridized carbons (Fsp3) is 0.484. The summed E-state index contributed by atoms with van der Waals surface area (Å²) < 4.78 is 69.5. The molecular formula is C31H36F3N3O4S. The van der Waals surface area contributed by atoms with Gasteiger partial charge in [-0.05, 0) is 55.2 Å². The molecule has 3 aromatic rings. The molecule has 2 aromatic carbocycles. The van der Waals surface area contributed by atoms with Crippen LogP contribution in [0.15, 0.2) is 47.4 Å². The number of carbonyl (C=O) groups excluding carboxylic acids is 2. The maximum Gasteiger partial charge on any atom is 0.404 e. The number of rotatable bonds is 9. The Hall–Kier alpha value is -3.18. The van der Waals surface area contributed by atoms with Gasteiger partial charge in [0.1, 0.15) is 18.0 Å². The first-order valence-electron chi connectivity index (χ1n) is 14.4. The number of aldehydes is 1. The number of carbonyl (C=O) groups is 2. The number of hydrogen-bond donors (Lipinski definition) is 2. The molecule has 11 heteroatoms. The van der Waals surface area contributed by atoms with E-state index in [1.54, 1.807) is 35.1 Å². The Morgan fingerprint density at radius 2 is 1.71 bits per heavy atom. The van der Waals surface area contributed by atoms with E-state index in [1.807, 2.05) is 17.7 Å². The minimum Gasteiger partial charge on any atom is -0.348 e. The van der Waals surface area contributed by atoms with E-state index in [0.717, 1.165) is 56.6 Å². The molecule has 0 saturated heterocycles. The molecule has 1 atom stereocenters. The SMILES string of the molecule is C[C@H](NS(=O)(=O)c1ccc(-c2cc(C(=O)NC3CC(C=O)C3)n(C)c2CC2CCCCC2)c2ccccc12)C(F)(F)F. The molecule has 5 rings (SSSR count). The zero-order valence-corrected chi connectivity index (χ0v) is 24.5. The van der Waals surface area contributed by atoms with Gasteiger partial charge in [-0.25, -0.2) is 8.42 Å². The molecule has 1 aromatic heterocycles. The summed E-state index contributed by atoms with van der Waals surface area (Å²) in [5, 5.41) is 3.89. The standard InChI is InChI=1S/C31H36F3N3O4S/c1-19(31(32,33)34)36-42(40,41)29-13-12-24(23-10-6-7-11-25(23)29)26-17-28(30(39)35-22-14-21(15-22)18-38)37(2)27(26)16-20-8-4-3-5-9-20/h6-7,10-13,17-22,36H,3-5,8-9,14-16H2,1-2H3,(H,35,39)/t19-,21?,22?/m0/s1. The van der Waals surface area contributed by atoms with Crippen LogP contribution < -0.4 is 10.0 Å². The van der Waals surface area contributed by atoms with Crippen LogP contribution in [0.5, 0.6) is 0 Å². The first-order valence-corrected chi connectivity index (χ1v) is 15.9. The van der Waals surface area contributed by atoms with E-state index in [9.17, 15) is 31.2 Å². The highest BCUT2D eigenvalue weighted by molar-refractivity contribution is 7.89. The maximum absolute atomic E-state index is 13.4. The third-order valence-corrected chi connectivity index (χ3v) is 10.4. The monoisotopic (exact) mass is 603 g/mol. The first-order chi connectivity index (χ1) is 19.9. The Kier molecular flexibility index (Phi) is 8.53. The van der Waals surface area contributed by atoms with Crippen molar-refractivity contribution in [2.45, 2.75) is 81.4 Å². The van der Waals surface area contributed by atoms with Crippen molar-refractivity contribution in [2.75, 3.05) is 0 Å². The van der Waals surface area contributed by atoms with Crippen molar-refractivity contribution in [1.82, 2.24) is 14.6 Å². The second-order valence-corrected chi connectivity index (χ2v) is 13.4. The molecule has 0 unspecified atom stereocenters. The zero-order valence-electron chi connectivity index (χ0n) is 23.7. The third kappa shape index (κ3) is 6.13. The van der Waals surface area contributed by atoms with E-state index >= 15 is 0 Å². The van der Waals surface area contributed by atoms with Gasteiger partial charge in [0.2, 0.25) is 10.0 Å². The molecule has 7 nitrogen and oxygen atoms in total. The lowest BCUT2D eigenvalue weighted by atomic mass is 9.81. The number of amides is 1. The summed E-state index contributed by atoms with van der Waals surface area (Å²) >= 11 is 0. The third-order valence-electron chi connectivity index (χ3n) is 8.79. The van der Waals surface area contributed by atoms with E-state index in [-0.39, 0.29) is 22.8 Å². The Labute approximate surface area is 243 Å². The largest absolute Gasteiger partial charge is 0.404 e. The van der Waals surface area contributed by atoms with Gasteiger partial charge < -0.3 is 14.7 Å². The average molecular weight is 604 g/mol. The molecule has 1 heterocycles. The van der Waals surface area contributed by atoms with Crippen molar-refractivity contribution < 1.29 is 31.2 Å². The Balaban J connectivity index is 1.57. The van der Waals surface area contributed by atoms with E-state index in [2.05, 4.69) is 5.32 Å². The van der Waals surface area contributed by atoms with Crippen LogP contribution >= 0.6 is 0 Å². The first kappa shape index (κ1) is 30.3. The van der Waals surface area contributed by atoms with Crippen LogP contribution in [0.4, 0.5) is 13.2 Å². The smallest absolute Gasteiger partial charge is 0.348 e. The number of alkyl halides is 3. The molecule has 226 valence electrons. The maximum atomic E-state index is 13.4. The fourth-order valence-corrected chi connectivity index (χ4v) is 7.70. The van der Waals surface area contributed by atoms with Crippen molar-refractivity contribution in [3.05, 3.63) is 53.9 Å². The highest BCUT2D eigenvalue weighted by Gasteiger charge is 2.39. The van der Waals surface area contributed by atoms with Crippen LogP contribution in [0, 0.1) is 11.8 Å². The Morgan fingerprint density at radius 1 is 1.05 bits per heavy atom. The molecule has 0 bridgehead atoms. The van der Waals surface area contributed by atoms with Crippen molar-refractivity contribution >= 4 is 33.0 Å². The summed E-state index contributed by atoms with van der Waals surface area (Å²) in [5.41, 5.74) is 2.92. The molecule has 2 N–H and O–H groups in total. The van der Waals surface area contributed by atoms with Gasteiger partial charge in [-0.3, -0.25) is 4.79 Å². The lowest BCUT2D eigenvalue weighted by Gasteiger charge is -2.32. The molecule has 2 fully saturated rings. The fourth-order valence-electron chi connectivity index (χ4n) is 6.26. The molecule has 2 aliphatic rings. The number of hydrogen-bond acceptors (Lipinski definition) is 4.